The molecule has 2 N–H and O–H groups in total. The molecular weight excluding hydrogens is 315 g/mol. The van der Waals surface area contributed by atoms with Crippen molar-refractivity contribution in [3.8, 4) is 0 Å². The maximum atomic E-state index is 13.0. The number of likely N-dealkylation sites (tertiary alicyclic amines) is 1. The van der Waals surface area contributed by atoms with Gasteiger partial charge in [0.25, 0.3) is 0 Å². The quantitative estimate of drug-likeness (QED) is 0.821. The molecule has 0 amide bonds. The number of nitrogens with two attached hydrogens (primary N) is 1. The first-order valence-corrected chi connectivity index (χ1v) is 8.93. The van der Waals surface area contributed by atoms with E-state index in [0.29, 0.717) is 5.56 Å². The van der Waals surface area contributed by atoms with E-state index in [1.807, 2.05) is 18.2 Å². The van der Waals surface area contributed by atoms with Crippen LogP contribution in [0.5, 0.6) is 0 Å². The summed E-state index contributed by atoms with van der Waals surface area (Å²) in [5.74, 6) is -0.140. The van der Waals surface area contributed by atoms with Crippen molar-refractivity contribution in [2.45, 2.75) is 25.3 Å². The number of carbonyl (C=O) groups excluding carboxylic acids is 1. The summed E-state index contributed by atoms with van der Waals surface area (Å²) < 4.78 is 13.0. The van der Waals surface area contributed by atoms with Crippen molar-refractivity contribution in [2.75, 3.05) is 19.6 Å². The van der Waals surface area contributed by atoms with E-state index in [1.54, 1.807) is 12.1 Å². The van der Waals surface area contributed by atoms with Crippen LogP contribution in [0.4, 0.5) is 4.39 Å². The van der Waals surface area contributed by atoms with Gasteiger partial charge in [0, 0.05) is 24.1 Å². The van der Waals surface area contributed by atoms with Crippen molar-refractivity contribution < 1.29 is 9.18 Å². The molecule has 0 aliphatic carbocycles. The number of carbonyl (C=O) groups is 1. The van der Waals surface area contributed by atoms with Crippen LogP contribution in [0, 0.1) is 11.7 Å². The molecule has 4 heteroatoms. The maximum Gasteiger partial charge on any atom is 0.166 e. The molecule has 1 saturated heterocycles. The van der Waals surface area contributed by atoms with Crippen molar-refractivity contribution in [1.82, 2.24) is 4.90 Å². The molecule has 3 nitrogen and oxygen atoms in total. The lowest BCUT2D eigenvalue weighted by molar-refractivity contribution is 0.0836. The zero-order chi connectivity index (χ0) is 17.6. The number of halogens is 1. The van der Waals surface area contributed by atoms with E-state index >= 15 is 0 Å². The molecule has 25 heavy (non-hydrogen) atoms. The second-order valence-electron chi connectivity index (χ2n) is 6.90. The zero-order valence-electron chi connectivity index (χ0n) is 14.4. The molecule has 1 aliphatic rings. The lowest BCUT2D eigenvalue weighted by atomic mass is 9.88. The van der Waals surface area contributed by atoms with Gasteiger partial charge in [-0.3, -0.25) is 4.79 Å². The fraction of sp³-hybridized carbons (Fsp3) is 0.381. The van der Waals surface area contributed by atoms with E-state index in [1.165, 1.54) is 17.7 Å². The van der Waals surface area contributed by atoms with Crippen molar-refractivity contribution >= 4 is 5.78 Å². The first kappa shape index (κ1) is 17.8. The van der Waals surface area contributed by atoms with Crippen molar-refractivity contribution in [3.05, 3.63) is 71.5 Å². The molecule has 3 rings (SSSR count). The van der Waals surface area contributed by atoms with Crippen LogP contribution in [0.2, 0.25) is 0 Å². The molecule has 2 aromatic rings. The molecule has 1 fully saturated rings. The summed E-state index contributed by atoms with van der Waals surface area (Å²) >= 11 is 0. The minimum atomic E-state index is -0.307. The third kappa shape index (κ3) is 4.97. The second-order valence-corrected chi connectivity index (χ2v) is 6.90. The highest BCUT2D eigenvalue weighted by molar-refractivity contribution is 5.97. The molecule has 132 valence electrons. The van der Waals surface area contributed by atoms with Gasteiger partial charge in [-0.1, -0.05) is 30.3 Å². The Labute approximate surface area is 148 Å². The average Bonchev–Trinajstić information content (AvgIpc) is 2.63. The van der Waals surface area contributed by atoms with E-state index in [2.05, 4.69) is 17.0 Å². The van der Waals surface area contributed by atoms with E-state index in [-0.39, 0.29) is 23.6 Å². The first-order chi connectivity index (χ1) is 12.1. The van der Waals surface area contributed by atoms with Crippen LogP contribution in [0.15, 0.2) is 54.6 Å². The van der Waals surface area contributed by atoms with Crippen LogP contribution in [-0.2, 0) is 6.42 Å². The molecular formula is C21H25FN2O. The smallest absolute Gasteiger partial charge is 0.166 e. The highest BCUT2D eigenvalue weighted by atomic mass is 19.1. The number of nitrogens with zero attached hydrogens (tertiary/aromatic N) is 1. The number of piperidine rings is 1. The topological polar surface area (TPSA) is 46.3 Å². The summed E-state index contributed by atoms with van der Waals surface area (Å²) in [5, 5.41) is 0. The Kier molecular flexibility index (Phi) is 5.95. The van der Waals surface area contributed by atoms with Crippen LogP contribution in [-0.4, -0.2) is 36.4 Å². The fourth-order valence-corrected chi connectivity index (χ4v) is 3.54. The van der Waals surface area contributed by atoms with Gasteiger partial charge in [0.15, 0.2) is 5.78 Å². The molecule has 0 bridgehead atoms. The minimum absolute atomic E-state index is 0.0343. The van der Waals surface area contributed by atoms with Crippen molar-refractivity contribution in [1.29, 1.82) is 0 Å². The normalized spacial score (nSPS) is 17.4. The lowest BCUT2D eigenvalue weighted by Gasteiger charge is -2.33. The van der Waals surface area contributed by atoms with Gasteiger partial charge in [0.2, 0.25) is 0 Å². The molecule has 0 radical (unpaired) electrons. The lowest BCUT2D eigenvalue weighted by Crippen LogP contribution is -2.43. The molecule has 1 atom stereocenters. The SMILES string of the molecule is N[C@H](Cc1ccccc1)CN1CCC(C(=O)c2ccc(F)cc2)CC1. The minimum Gasteiger partial charge on any atom is -0.326 e. The Bertz CT molecular complexity index is 679. The molecule has 0 unspecified atom stereocenters. The number of rotatable bonds is 6. The Morgan fingerprint density at radius 1 is 1.08 bits per heavy atom. The number of Topliss-reactive ketones (excluding diaryl/α,β-unsaturated/α-hetero) is 1. The largest absolute Gasteiger partial charge is 0.326 e. The predicted molar refractivity (Wildman–Crippen MR) is 98.0 cm³/mol. The Morgan fingerprint density at radius 3 is 2.36 bits per heavy atom. The summed E-state index contributed by atoms with van der Waals surface area (Å²) in [4.78, 5) is 14.9. The van der Waals surface area contributed by atoms with Crippen LogP contribution in [0.1, 0.15) is 28.8 Å². The predicted octanol–water partition coefficient (Wildman–Crippen LogP) is 3.29. The molecule has 1 heterocycles. The fourth-order valence-electron chi connectivity index (χ4n) is 3.54. The summed E-state index contributed by atoms with van der Waals surface area (Å²) in [6.45, 7) is 2.63. The van der Waals surface area contributed by atoms with E-state index in [0.717, 1.165) is 38.9 Å². The maximum absolute atomic E-state index is 13.0. The van der Waals surface area contributed by atoms with Gasteiger partial charge in [-0.2, -0.15) is 0 Å². The van der Waals surface area contributed by atoms with E-state index in [9.17, 15) is 9.18 Å². The molecule has 0 aromatic heterocycles. The Balaban J connectivity index is 1.46. The highest BCUT2D eigenvalue weighted by Gasteiger charge is 2.26. The van der Waals surface area contributed by atoms with E-state index < -0.39 is 0 Å². The number of hydrogen-bond acceptors (Lipinski definition) is 3. The number of benzene rings is 2. The zero-order valence-corrected chi connectivity index (χ0v) is 14.4. The van der Waals surface area contributed by atoms with Gasteiger partial charge < -0.3 is 10.6 Å². The van der Waals surface area contributed by atoms with E-state index in [4.69, 9.17) is 5.73 Å². The highest BCUT2D eigenvalue weighted by Crippen LogP contribution is 2.22. The number of ketones is 1. The first-order valence-electron chi connectivity index (χ1n) is 8.93. The molecule has 0 spiro atoms. The van der Waals surface area contributed by atoms with Crippen LogP contribution in [0.25, 0.3) is 0 Å². The van der Waals surface area contributed by atoms with Crippen LogP contribution in [0.3, 0.4) is 0 Å². The number of hydrogen-bond donors (Lipinski definition) is 1. The van der Waals surface area contributed by atoms with Gasteiger partial charge >= 0.3 is 0 Å². The average molecular weight is 340 g/mol. The summed E-state index contributed by atoms with van der Waals surface area (Å²) in [6.07, 6.45) is 2.55. The third-order valence-corrected chi connectivity index (χ3v) is 4.92. The summed E-state index contributed by atoms with van der Waals surface area (Å²) in [5.41, 5.74) is 8.16. The van der Waals surface area contributed by atoms with Gasteiger partial charge in [0.1, 0.15) is 5.82 Å². The Hall–Kier alpha value is -2.04. The summed E-state index contributed by atoms with van der Waals surface area (Å²) in [7, 11) is 0. The second kappa shape index (κ2) is 8.37. The van der Waals surface area contributed by atoms with Crippen molar-refractivity contribution in [2.24, 2.45) is 11.7 Å². The monoisotopic (exact) mass is 340 g/mol. The standard InChI is InChI=1S/C21H25FN2O/c22-19-8-6-17(7-9-19)21(25)18-10-12-24(13-11-18)15-20(23)14-16-4-2-1-3-5-16/h1-9,18,20H,10-15,23H2/t20-/m1/s1. The van der Waals surface area contributed by atoms with Gasteiger partial charge in [-0.05, 0) is 62.2 Å². The molecule has 2 aromatic carbocycles. The molecule has 0 saturated carbocycles. The van der Waals surface area contributed by atoms with Gasteiger partial charge in [0.05, 0.1) is 0 Å². The Morgan fingerprint density at radius 2 is 1.72 bits per heavy atom. The van der Waals surface area contributed by atoms with Gasteiger partial charge in [-0.25, -0.2) is 4.39 Å². The van der Waals surface area contributed by atoms with Crippen LogP contribution < -0.4 is 5.73 Å². The summed E-state index contributed by atoms with van der Waals surface area (Å²) in [6, 6.07) is 16.3. The third-order valence-electron chi connectivity index (χ3n) is 4.92. The van der Waals surface area contributed by atoms with Crippen molar-refractivity contribution in [3.63, 3.8) is 0 Å². The van der Waals surface area contributed by atoms with Crippen LogP contribution >= 0.6 is 0 Å². The van der Waals surface area contributed by atoms with Gasteiger partial charge in [-0.15, -0.1) is 0 Å². The molecule has 1 aliphatic heterocycles.